The summed E-state index contributed by atoms with van der Waals surface area (Å²) in [4.78, 5) is 22.4. The van der Waals surface area contributed by atoms with Crippen LogP contribution in [0.2, 0.25) is 0 Å². The average Bonchev–Trinajstić information content (AvgIpc) is 3.30. The van der Waals surface area contributed by atoms with Gasteiger partial charge < -0.3 is 30.6 Å². The third-order valence-corrected chi connectivity index (χ3v) is 10.3. The number of aliphatic hydroxyl groups is 2. The molecule has 0 bridgehead atoms. The van der Waals surface area contributed by atoms with Crippen LogP contribution in [0, 0.1) is 20.2 Å². The van der Waals surface area contributed by atoms with E-state index in [0.717, 1.165) is 29.4 Å². The van der Waals surface area contributed by atoms with Crippen molar-refractivity contribution in [3.8, 4) is 23.0 Å². The molecule has 17 nitrogen and oxygen atoms in total. The van der Waals surface area contributed by atoms with Crippen molar-refractivity contribution in [2.75, 3.05) is 32.8 Å². The number of nitro benzene ring substituents is 2. The molecule has 0 saturated carbocycles. The molecule has 0 spiro atoms. The predicted molar refractivity (Wildman–Crippen MR) is 253 cm³/mol. The number of aliphatic hydroxyl groups excluding tert-OH is 2. The minimum absolute atomic E-state index is 0. The topological polar surface area (TPSA) is 260 Å². The zero-order valence-corrected chi connectivity index (χ0v) is 38.1. The number of benzene rings is 6. The molecule has 6 rings (SSSR count). The van der Waals surface area contributed by atoms with Crippen molar-refractivity contribution in [1.82, 2.24) is 4.90 Å². The van der Waals surface area contributed by atoms with E-state index >= 15 is 0 Å². The molecule has 0 aliphatic heterocycles. The van der Waals surface area contributed by atoms with Crippen molar-refractivity contribution in [2.45, 2.75) is 71.1 Å². The van der Waals surface area contributed by atoms with Crippen LogP contribution in [-0.2, 0) is 17.4 Å². The van der Waals surface area contributed by atoms with E-state index in [-0.39, 0.29) is 89.1 Å². The molecule has 0 amide bonds. The molecule has 0 aliphatic rings. The molecule has 0 saturated heterocycles. The van der Waals surface area contributed by atoms with Crippen LogP contribution in [0.3, 0.4) is 0 Å². The van der Waals surface area contributed by atoms with Gasteiger partial charge in [-0.1, -0.05) is 125 Å². The number of hydrogen-bond acceptors (Lipinski definition) is 15. The number of phenols is 4. The molecule has 66 heavy (non-hydrogen) atoms. The zero-order chi connectivity index (χ0) is 47.0. The second-order valence-corrected chi connectivity index (χ2v) is 15.0. The molecule has 0 atom stereocenters. The van der Waals surface area contributed by atoms with Gasteiger partial charge in [-0.25, -0.2) is 0 Å². The Balaban J connectivity index is 0.000000343. The Morgan fingerprint density at radius 2 is 0.939 bits per heavy atom. The number of rotatable bonds is 21. The predicted octanol–water partition coefficient (Wildman–Crippen LogP) is 12.5. The second kappa shape index (κ2) is 29.1. The van der Waals surface area contributed by atoms with Gasteiger partial charge in [0.1, 0.15) is 45.7 Å². The summed E-state index contributed by atoms with van der Waals surface area (Å²) in [5, 5.41) is 97.5. The maximum absolute atomic E-state index is 10.8. The van der Waals surface area contributed by atoms with Gasteiger partial charge in [-0.2, -0.15) is 0 Å². The Kier molecular flexibility index (Phi) is 23.7. The standard InChI is InChI=1S/2C16H11N3O4.C16H35NO2.Cr/c20-14-8-5-10-3-1-2-4-12(10)16(14)18-17-13-7-6-11(19(22)23)9-15(13)21;20-14-8-6-11(19(22)23)9-13(14)17-18-16-12-4-2-1-3-10(12)5-7-15(16)21;1-2-3-4-5-6-7-8-9-10-11-12-17(13-15-18)14-16-19;/h2*1-9,20-21H;18-19H,2-16H2,1H3;/p+1. The van der Waals surface area contributed by atoms with Crippen LogP contribution in [0.5, 0.6) is 23.0 Å². The van der Waals surface area contributed by atoms with Crippen molar-refractivity contribution in [2.24, 2.45) is 20.5 Å². The largest absolute Gasteiger partial charge is 1.00 e. The minimum atomic E-state index is -0.614. The van der Waals surface area contributed by atoms with Gasteiger partial charge in [0.15, 0.2) is 0 Å². The Morgan fingerprint density at radius 3 is 1.42 bits per heavy atom. The second-order valence-electron chi connectivity index (χ2n) is 15.0. The smallest absolute Gasteiger partial charge is 0.506 e. The summed E-state index contributed by atoms with van der Waals surface area (Å²) in [6.07, 6.45) is 13.5. The average molecular weight is 945 g/mol. The van der Waals surface area contributed by atoms with Crippen LogP contribution in [0.15, 0.2) is 130 Å². The number of non-ortho nitro benzene ring substituents is 2. The van der Waals surface area contributed by atoms with E-state index in [1.807, 2.05) is 30.3 Å². The van der Waals surface area contributed by atoms with Crippen molar-refractivity contribution in [3.05, 3.63) is 129 Å². The van der Waals surface area contributed by atoms with E-state index in [0.29, 0.717) is 23.9 Å². The first kappa shape index (κ1) is 53.8. The first-order chi connectivity index (χ1) is 31.5. The van der Waals surface area contributed by atoms with E-state index in [9.17, 15) is 40.7 Å². The van der Waals surface area contributed by atoms with Crippen LogP contribution >= 0.6 is 0 Å². The quantitative estimate of drug-likeness (QED) is 0.0171. The number of hydrogen-bond donors (Lipinski definition) is 6. The van der Waals surface area contributed by atoms with E-state index in [4.69, 9.17) is 10.2 Å². The van der Waals surface area contributed by atoms with Crippen LogP contribution in [-0.4, -0.2) is 78.2 Å². The van der Waals surface area contributed by atoms with Gasteiger partial charge >= 0.3 is 1.43 Å². The van der Waals surface area contributed by atoms with Crippen LogP contribution in [0.1, 0.15) is 72.6 Å². The molecule has 0 fully saturated rings. The van der Waals surface area contributed by atoms with Crippen molar-refractivity contribution < 1.29 is 59.3 Å². The molecule has 6 aromatic carbocycles. The first-order valence-corrected chi connectivity index (χ1v) is 21.6. The number of fused-ring (bicyclic) bond motifs is 2. The molecule has 18 heteroatoms. The van der Waals surface area contributed by atoms with Gasteiger partial charge in [0.05, 0.1) is 29.1 Å². The number of nitro groups is 2. The molecule has 6 aromatic rings. The summed E-state index contributed by atoms with van der Waals surface area (Å²) in [6, 6.07) is 28.1. The maximum atomic E-state index is 10.8. The molecule has 0 radical (unpaired) electrons. The SMILES string of the molecule is CCCCCCCCCCCCN(CCO)CCO.O=[N+]([O-])c1ccc(N=Nc2c(O)ccc3ccccc23)c(O)c1.O=[N+]([O-])c1ccc(O)c(N=Nc2c(O)ccc3ccccc23)c1.[Cr].[H+]. The number of unbranched alkanes of at least 4 members (excludes halogenated alkanes) is 9. The summed E-state index contributed by atoms with van der Waals surface area (Å²) >= 11 is 0. The molecular weight excluding hydrogens is 887 g/mol. The van der Waals surface area contributed by atoms with Crippen molar-refractivity contribution in [1.29, 1.82) is 0 Å². The first-order valence-electron chi connectivity index (χ1n) is 21.6. The van der Waals surface area contributed by atoms with Gasteiger partial charge in [0.25, 0.3) is 11.4 Å². The zero-order valence-electron chi connectivity index (χ0n) is 37.9. The minimum Gasteiger partial charge on any atom is -0.506 e. The van der Waals surface area contributed by atoms with Crippen molar-refractivity contribution in [3.63, 3.8) is 0 Å². The van der Waals surface area contributed by atoms with E-state index in [1.165, 1.54) is 101 Å². The maximum Gasteiger partial charge on any atom is 1.00 e. The van der Waals surface area contributed by atoms with Gasteiger partial charge in [0.2, 0.25) is 0 Å². The molecule has 0 unspecified atom stereocenters. The summed E-state index contributed by atoms with van der Waals surface area (Å²) in [5.41, 5.74) is 0.0673. The van der Waals surface area contributed by atoms with Crippen LogP contribution < -0.4 is 0 Å². The normalized spacial score (nSPS) is 11.0. The summed E-state index contributed by atoms with van der Waals surface area (Å²) in [5.74, 6) is -0.715. The summed E-state index contributed by atoms with van der Waals surface area (Å²) in [6.45, 7) is 5.04. The molecule has 0 aliphatic carbocycles. The van der Waals surface area contributed by atoms with E-state index in [2.05, 4.69) is 32.3 Å². The van der Waals surface area contributed by atoms with Gasteiger partial charge in [-0.05, 0) is 48.0 Å². The Morgan fingerprint density at radius 1 is 0.500 bits per heavy atom. The number of phenolic OH excluding ortho intramolecular Hbond substituents is 4. The fraction of sp³-hybridized carbons (Fsp3) is 0.333. The Bertz CT molecular complexity index is 2530. The van der Waals surface area contributed by atoms with E-state index < -0.39 is 9.85 Å². The Hall–Kier alpha value is -6.55. The fourth-order valence-corrected chi connectivity index (χ4v) is 6.76. The third-order valence-electron chi connectivity index (χ3n) is 10.3. The van der Waals surface area contributed by atoms with Crippen LogP contribution in [0.25, 0.3) is 21.5 Å². The van der Waals surface area contributed by atoms with Gasteiger partial charge in [0, 0.05) is 59.4 Å². The molecule has 350 valence electrons. The Labute approximate surface area is 395 Å². The fourth-order valence-electron chi connectivity index (χ4n) is 6.76. The van der Waals surface area contributed by atoms with Crippen molar-refractivity contribution >= 4 is 55.7 Å². The summed E-state index contributed by atoms with van der Waals surface area (Å²) < 4.78 is 0. The van der Waals surface area contributed by atoms with E-state index in [1.54, 1.807) is 30.3 Å². The third kappa shape index (κ3) is 17.1. The van der Waals surface area contributed by atoms with Gasteiger partial charge in [-0.15, -0.1) is 20.5 Å². The monoisotopic (exact) mass is 944 g/mol. The number of aromatic hydroxyl groups is 4. The van der Waals surface area contributed by atoms with Crippen LogP contribution in [0.4, 0.5) is 34.1 Å². The molecular formula is C48H58CrN7O10+. The van der Waals surface area contributed by atoms with Gasteiger partial charge in [-0.3, -0.25) is 25.1 Å². The molecule has 6 N–H and O–H groups in total. The number of nitrogens with zero attached hydrogens (tertiary/aromatic N) is 7. The molecule has 0 heterocycles. The summed E-state index contributed by atoms with van der Waals surface area (Å²) in [7, 11) is 0. The number of azo groups is 2. The molecule has 0 aromatic heterocycles.